The molecule has 0 N–H and O–H groups in total. The summed E-state index contributed by atoms with van der Waals surface area (Å²) in [6, 6.07) is 84.0. The third kappa shape index (κ3) is 7.13. The lowest BCUT2D eigenvalue weighted by Gasteiger charge is -2.30. The smallest absolute Gasteiger partial charge is 0.0541 e. The fourth-order valence-electron chi connectivity index (χ4n) is 9.07. The minimum atomic E-state index is 0.953. The van der Waals surface area contributed by atoms with Crippen molar-refractivity contribution in [2.45, 2.75) is 0 Å². The van der Waals surface area contributed by atoms with Crippen molar-refractivity contribution in [3.63, 3.8) is 0 Å². The lowest BCUT2D eigenvalue weighted by Crippen LogP contribution is -2.14. The Morgan fingerprint density at radius 1 is 0.375 bits per heavy atom. The van der Waals surface area contributed by atoms with Gasteiger partial charge < -0.3 is 19.3 Å². The van der Waals surface area contributed by atoms with Gasteiger partial charge in [0, 0.05) is 68.0 Å². The first-order valence-corrected chi connectivity index (χ1v) is 21.7. The standard InChI is InChI=1S/C60H44N4/c1-44-41-46(45-33-38-60-57(42-45)56-30-15-17-32-59(56)64(60)50-25-12-5-13-26-50)39-40-61(58-31-16-14-29-55(44)58)53-27-18-28-54(43-53)63(49-23-10-4-11-24-49)52-36-34-51(35-37-52)62(47-19-6-2-7-20-47)48-21-8-3-9-22-48/h2-43H,1H2/b40-39-,46-41+. The lowest BCUT2D eigenvalue weighted by atomic mass is 9.95. The monoisotopic (exact) mass is 820 g/mol. The van der Waals surface area contributed by atoms with Gasteiger partial charge in [0.2, 0.25) is 0 Å². The van der Waals surface area contributed by atoms with Crippen molar-refractivity contribution in [1.82, 2.24) is 4.57 Å². The number of benzene rings is 9. The quantitative estimate of drug-likeness (QED) is 0.144. The second kappa shape index (κ2) is 16.7. The molecule has 0 spiro atoms. The van der Waals surface area contributed by atoms with Gasteiger partial charge in [0.1, 0.15) is 0 Å². The number of aromatic nitrogens is 1. The van der Waals surface area contributed by atoms with Crippen LogP contribution in [0.4, 0.5) is 45.5 Å². The summed E-state index contributed by atoms with van der Waals surface area (Å²) in [5.41, 5.74) is 16.3. The third-order valence-corrected chi connectivity index (χ3v) is 12.0. The van der Waals surface area contributed by atoms with Gasteiger partial charge in [-0.2, -0.15) is 0 Å². The largest absolute Gasteiger partial charge is 0.316 e. The zero-order valence-corrected chi connectivity index (χ0v) is 35.2. The molecule has 4 nitrogen and oxygen atoms in total. The Kier molecular flexibility index (Phi) is 10.00. The van der Waals surface area contributed by atoms with Gasteiger partial charge in [-0.3, -0.25) is 0 Å². The molecule has 0 atom stereocenters. The van der Waals surface area contributed by atoms with Gasteiger partial charge in [-0.25, -0.2) is 0 Å². The molecule has 10 aromatic rings. The fraction of sp³-hybridized carbons (Fsp3) is 0. The topological polar surface area (TPSA) is 14.7 Å². The summed E-state index contributed by atoms with van der Waals surface area (Å²) in [6.07, 6.45) is 6.65. The van der Waals surface area contributed by atoms with Gasteiger partial charge in [-0.1, -0.05) is 128 Å². The van der Waals surface area contributed by atoms with E-state index in [1.807, 2.05) is 0 Å². The summed E-state index contributed by atoms with van der Waals surface area (Å²) in [6.45, 7) is 4.65. The summed E-state index contributed by atoms with van der Waals surface area (Å²) < 4.78 is 2.36. The van der Waals surface area contributed by atoms with Crippen molar-refractivity contribution < 1.29 is 0 Å². The molecule has 0 bridgehead atoms. The molecular weight excluding hydrogens is 777 g/mol. The Morgan fingerprint density at radius 2 is 0.875 bits per heavy atom. The second-order valence-electron chi connectivity index (χ2n) is 16.0. The summed E-state index contributed by atoms with van der Waals surface area (Å²) >= 11 is 0. The number of para-hydroxylation sites is 6. The zero-order valence-electron chi connectivity index (χ0n) is 35.2. The van der Waals surface area contributed by atoms with Crippen LogP contribution < -0.4 is 14.7 Å². The van der Waals surface area contributed by atoms with Gasteiger partial charge in [-0.15, -0.1) is 0 Å². The van der Waals surface area contributed by atoms with Crippen LogP contribution in [0, 0.1) is 0 Å². The van der Waals surface area contributed by atoms with E-state index in [9.17, 15) is 0 Å². The summed E-state index contributed by atoms with van der Waals surface area (Å²) in [7, 11) is 0. The number of hydrogen-bond acceptors (Lipinski definition) is 3. The Hall–Kier alpha value is -8.60. The Morgan fingerprint density at radius 3 is 1.53 bits per heavy atom. The molecule has 2 heterocycles. The van der Waals surface area contributed by atoms with Crippen LogP contribution in [0.3, 0.4) is 0 Å². The van der Waals surface area contributed by atoms with Crippen LogP contribution in [0.25, 0.3) is 38.6 Å². The van der Waals surface area contributed by atoms with Crippen molar-refractivity contribution >= 4 is 78.5 Å². The molecule has 304 valence electrons. The summed E-state index contributed by atoms with van der Waals surface area (Å²) in [4.78, 5) is 6.91. The number of rotatable bonds is 9. The average molecular weight is 821 g/mol. The molecule has 9 aromatic carbocycles. The first-order valence-electron chi connectivity index (χ1n) is 21.7. The highest BCUT2D eigenvalue weighted by molar-refractivity contribution is 6.10. The maximum absolute atomic E-state index is 4.65. The molecule has 4 heteroatoms. The Labute approximate surface area is 374 Å². The maximum Gasteiger partial charge on any atom is 0.0541 e. The molecule has 0 saturated heterocycles. The van der Waals surface area contributed by atoms with E-state index in [1.54, 1.807) is 0 Å². The van der Waals surface area contributed by atoms with E-state index >= 15 is 0 Å². The number of nitrogens with zero attached hydrogens (tertiary/aromatic N) is 4. The molecule has 0 amide bonds. The Bertz CT molecular complexity index is 3290. The normalized spacial score (nSPS) is 13.7. The SMILES string of the molecule is C=C1/C=C(c2ccc3c(c2)c2ccccc2n3-c2ccccc2)\C=C/N(c2cccc(N(c3ccccc3)c3ccc(N(c4ccccc4)c4ccccc4)cc3)c2)c2ccccc21. The van der Waals surface area contributed by atoms with Crippen molar-refractivity contribution in [3.8, 4) is 5.69 Å². The molecule has 0 saturated carbocycles. The van der Waals surface area contributed by atoms with E-state index in [0.29, 0.717) is 0 Å². The molecule has 0 unspecified atom stereocenters. The van der Waals surface area contributed by atoms with E-state index < -0.39 is 0 Å². The van der Waals surface area contributed by atoms with Gasteiger partial charge in [-0.05, 0) is 144 Å². The third-order valence-electron chi connectivity index (χ3n) is 12.0. The Balaban J connectivity index is 0.987. The number of allylic oxidation sites excluding steroid dienone is 4. The molecule has 1 aliphatic rings. The van der Waals surface area contributed by atoms with Crippen LogP contribution in [0.1, 0.15) is 11.1 Å². The first kappa shape index (κ1) is 38.3. The lowest BCUT2D eigenvalue weighted by molar-refractivity contribution is 1.18. The zero-order chi connectivity index (χ0) is 42.8. The number of fused-ring (bicyclic) bond motifs is 4. The van der Waals surface area contributed by atoms with E-state index in [1.165, 1.54) is 21.8 Å². The van der Waals surface area contributed by atoms with Crippen LogP contribution in [0.5, 0.6) is 0 Å². The van der Waals surface area contributed by atoms with E-state index in [4.69, 9.17) is 0 Å². The highest BCUT2D eigenvalue weighted by atomic mass is 15.2. The molecule has 1 aromatic heterocycles. The van der Waals surface area contributed by atoms with Crippen LogP contribution in [-0.2, 0) is 0 Å². The van der Waals surface area contributed by atoms with Gasteiger partial charge in [0.05, 0.1) is 16.7 Å². The minimum absolute atomic E-state index is 0.953. The predicted octanol–water partition coefficient (Wildman–Crippen LogP) is 16.5. The molecule has 0 aliphatic carbocycles. The first-order chi connectivity index (χ1) is 31.7. The number of hydrogen-bond donors (Lipinski definition) is 0. The van der Waals surface area contributed by atoms with Crippen LogP contribution in [0.2, 0.25) is 0 Å². The minimum Gasteiger partial charge on any atom is -0.316 e. The van der Waals surface area contributed by atoms with Crippen molar-refractivity contribution in [2.75, 3.05) is 14.7 Å². The van der Waals surface area contributed by atoms with E-state index in [-0.39, 0.29) is 0 Å². The van der Waals surface area contributed by atoms with Gasteiger partial charge in [0.15, 0.2) is 0 Å². The molecule has 64 heavy (non-hydrogen) atoms. The van der Waals surface area contributed by atoms with Crippen molar-refractivity contribution in [3.05, 3.63) is 273 Å². The summed E-state index contributed by atoms with van der Waals surface area (Å²) in [5.74, 6) is 0. The highest BCUT2D eigenvalue weighted by Gasteiger charge is 2.21. The number of anilines is 8. The molecule has 0 fully saturated rings. The average Bonchev–Trinajstić information content (AvgIpc) is 3.69. The molecular formula is C60H44N4. The van der Waals surface area contributed by atoms with Crippen LogP contribution in [0.15, 0.2) is 262 Å². The molecule has 0 radical (unpaired) electrons. The van der Waals surface area contributed by atoms with E-state index in [2.05, 4.69) is 281 Å². The molecule has 11 rings (SSSR count). The van der Waals surface area contributed by atoms with Crippen molar-refractivity contribution in [2.24, 2.45) is 0 Å². The van der Waals surface area contributed by atoms with Gasteiger partial charge >= 0.3 is 0 Å². The highest BCUT2D eigenvalue weighted by Crippen LogP contribution is 2.43. The maximum atomic E-state index is 4.65. The van der Waals surface area contributed by atoms with Crippen LogP contribution in [-0.4, -0.2) is 4.57 Å². The van der Waals surface area contributed by atoms with Crippen LogP contribution >= 0.6 is 0 Å². The van der Waals surface area contributed by atoms with E-state index in [0.717, 1.165) is 73.5 Å². The molecule has 1 aliphatic heterocycles. The fourth-order valence-corrected chi connectivity index (χ4v) is 9.07. The predicted molar refractivity (Wildman–Crippen MR) is 271 cm³/mol. The van der Waals surface area contributed by atoms with Gasteiger partial charge in [0.25, 0.3) is 0 Å². The van der Waals surface area contributed by atoms with Crippen molar-refractivity contribution in [1.29, 1.82) is 0 Å². The summed E-state index contributed by atoms with van der Waals surface area (Å²) in [5, 5.41) is 2.44. The second-order valence-corrected chi connectivity index (χ2v) is 16.0.